The Kier molecular flexibility index (Phi) is 4.39. The fourth-order valence-electron chi connectivity index (χ4n) is 2.96. The second-order valence-corrected chi connectivity index (χ2v) is 6.60. The van der Waals surface area contributed by atoms with Gasteiger partial charge in [-0.1, -0.05) is 52.3 Å². The molecule has 1 amide bonds. The van der Waals surface area contributed by atoms with Crippen molar-refractivity contribution in [3.63, 3.8) is 0 Å². The number of aliphatic hydroxyl groups is 1. The Morgan fingerprint density at radius 1 is 1.21 bits per heavy atom. The van der Waals surface area contributed by atoms with E-state index >= 15 is 0 Å². The lowest BCUT2D eigenvalue weighted by Crippen LogP contribution is -2.41. The molecule has 1 aliphatic rings. The van der Waals surface area contributed by atoms with Crippen molar-refractivity contribution in [2.24, 2.45) is 0 Å². The molecule has 0 fully saturated rings. The van der Waals surface area contributed by atoms with Gasteiger partial charge < -0.3 is 10.0 Å². The molecule has 0 saturated carbocycles. The average molecular weight is 386 g/mol. The predicted molar refractivity (Wildman–Crippen MR) is 96.0 cm³/mol. The van der Waals surface area contributed by atoms with Crippen molar-refractivity contribution in [3.8, 4) is 0 Å². The number of Topliss-reactive ketones (excluding diaryl/α,β-unsaturated/α-hetero) is 1. The van der Waals surface area contributed by atoms with Crippen LogP contribution in [0.25, 0.3) is 0 Å². The molecule has 122 valence electrons. The fourth-order valence-corrected chi connectivity index (χ4v) is 3.22. The number of hydrogen-bond donors (Lipinski definition) is 1. The monoisotopic (exact) mass is 385 g/mol. The van der Waals surface area contributed by atoms with E-state index in [4.69, 9.17) is 0 Å². The minimum absolute atomic E-state index is 0.282. The lowest BCUT2D eigenvalue weighted by atomic mass is 9.88. The summed E-state index contributed by atoms with van der Waals surface area (Å²) in [5.41, 5.74) is -0.307. The number of hydrogen-bond acceptors (Lipinski definition) is 3. The number of ketones is 1. The van der Waals surface area contributed by atoms with Crippen LogP contribution >= 0.6 is 15.9 Å². The number of para-hydroxylation sites is 1. The van der Waals surface area contributed by atoms with Gasteiger partial charge in [0.2, 0.25) is 0 Å². The maximum absolute atomic E-state index is 12.8. The van der Waals surface area contributed by atoms with Gasteiger partial charge in [0, 0.05) is 22.1 Å². The van der Waals surface area contributed by atoms with E-state index < -0.39 is 11.5 Å². The molecule has 2 aromatic rings. The molecule has 4 nitrogen and oxygen atoms in total. The SMILES string of the molecule is C=CCN1C(=O)C(O)(CC(=O)c2ccc(Br)cc2)c2ccccc21. The number of carbonyl (C=O) groups is 2. The number of rotatable bonds is 5. The van der Waals surface area contributed by atoms with Crippen LogP contribution in [0.3, 0.4) is 0 Å². The molecule has 1 N–H and O–H groups in total. The van der Waals surface area contributed by atoms with Gasteiger partial charge in [-0.25, -0.2) is 0 Å². The van der Waals surface area contributed by atoms with E-state index in [9.17, 15) is 14.7 Å². The largest absolute Gasteiger partial charge is 0.375 e. The van der Waals surface area contributed by atoms with Crippen molar-refractivity contribution < 1.29 is 14.7 Å². The topological polar surface area (TPSA) is 57.6 Å². The van der Waals surface area contributed by atoms with E-state index in [1.165, 1.54) is 4.90 Å². The van der Waals surface area contributed by atoms with Crippen molar-refractivity contribution in [1.82, 2.24) is 0 Å². The molecule has 2 aromatic carbocycles. The molecule has 1 heterocycles. The maximum atomic E-state index is 12.8. The third kappa shape index (κ3) is 2.70. The number of amides is 1. The van der Waals surface area contributed by atoms with Crippen LogP contribution in [0.15, 0.2) is 65.7 Å². The third-order valence-electron chi connectivity index (χ3n) is 4.13. The van der Waals surface area contributed by atoms with Crippen molar-refractivity contribution >= 4 is 33.3 Å². The highest BCUT2D eigenvalue weighted by molar-refractivity contribution is 9.10. The van der Waals surface area contributed by atoms with E-state index in [2.05, 4.69) is 22.5 Å². The standard InChI is InChI=1S/C19H16BrNO3/c1-2-11-21-16-6-4-3-5-15(16)19(24,18(21)23)12-17(22)13-7-9-14(20)10-8-13/h2-10,24H,1,11-12H2. The zero-order chi connectivity index (χ0) is 17.3. The van der Waals surface area contributed by atoms with Gasteiger partial charge in [0.15, 0.2) is 11.4 Å². The summed E-state index contributed by atoms with van der Waals surface area (Å²) >= 11 is 3.32. The number of nitrogens with zero attached hydrogens (tertiary/aromatic N) is 1. The summed E-state index contributed by atoms with van der Waals surface area (Å²) in [6.07, 6.45) is 1.30. The highest BCUT2D eigenvalue weighted by Gasteiger charge is 2.50. The van der Waals surface area contributed by atoms with Crippen molar-refractivity contribution in [2.75, 3.05) is 11.4 Å². The van der Waals surface area contributed by atoms with E-state index in [-0.39, 0.29) is 18.7 Å². The molecule has 1 aliphatic heterocycles. The Balaban J connectivity index is 1.97. The Labute approximate surface area is 148 Å². The maximum Gasteiger partial charge on any atom is 0.264 e. The second kappa shape index (κ2) is 6.34. The molecule has 1 atom stereocenters. The number of fused-ring (bicyclic) bond motifs is 1. The summed E-state index contributed by atoms with van der Waals surface area (Å²) in [7, 11) is 0. The third-order valence-corrected chi connectivity index (χ3v) is 4.66. The van der Waals surface area contributed by atoms with Gasteiger partial charge in [-0.3, -0.25) is 9.59 Å². The van der Waals surface area contributed by atoms with E-state index in [1.807, 2.05) is 0 Å². The van der Waals surface area contributed by atoms with Crippen LogP contribution in [0.2, 0.25) is 0 Å². The summed E-state index contributed by atoms with van der Waals surface area (Å²) in [6.45, 7) is 3.93. The van der Waals surface area contributed by atoms with Crippen LogP contribution in [0.1, 0.15) is 22.3 Å². The normalized spacial score (nSPS) is 19.2. The number of anilines is 1. The van der Waals surface area contributed by atoms with Crippen molar-refractivity contribution in [2.45, 2.75) is 12.0 Å². The van der Waals surface area contributed by atoms with Crippen LogP contribution < -0.4 is 4.90 Å². The first-order chi connectivity index (χ1) is 11.5. The van der Waals surface area contributed by atoms with Crippen LogP contribution in [-0.2, 0) is 10.4 Å². The van der Waals surface area contributed by atoms with Crippen LogP contribution in [0, 0.1) is 0 Å². The van der Waals surface area contributed by atoms with Gasteiger partial charge in [0.25, 0.3) is 5.91 Å². The van der Waals surface area contributed by atoms with E-state index in [0.717, 1.165) is 4.47 Å². The molecule has 3 rings (SSSR count). The first kappa shape index (κ1) is 16.6. The summed E-state index contributed by atoms with van der Waals surface area (Å²) in [5.74, 6) is -0.775. The van der Waals surface area contributed by atoms with Gasteiger partial charge in [0.05, 0.1) is 12.1 Å². The predicted octanol–water partition coefficient (Wildman–Crippen LogP) is 3.44. The van der Waals surface area contributed by atoms with Crippen LogP contribution in [0.5, 0.6) is 0 Å². The zero-order valence-corrected chi connectivity index (χ0v) is 14.5. The van der Waals surface area contributed by atoms with Gasteiger partial charge in [-0.05, 0) is 18.2 Å². The molecular formula is C19H16BrNO3. The van der Waals surface area contributed by atoms with Crippen LogP contribution in [0.4, 0.5) is 5.69 Å². The summed E-state index contributed by atoms with van der Waals surface area (Å²) in [4.78, 5) is 26.8. The molecule has 24 heavy (non-hydrogen) atoms. The molecule has 0 spiro atoms. The number of benzene rings is 2. The number of carbonyl (C=O) groups excluding carboxylic acids is 2. The quantitative estimate of drug-likeness (QED) is 0.633. The smallest absolute Gasteiger partial charge is 0.264 e. The highest BCUT2D eigenvalue weighted by atomic mass is 79.9. The van der Waals surface area contributed by atoms with Gasteiger partial charge in [-0.15, -0.1) is 6.58 Å². The minimum Gasteiger partial charge on any atom is -0.375 e. The highest BCUT2D eigenvalue weighted by Crippen LogP contribution is 2.42. The summed E-state index contributed by atoms with van der Waals surface area (Å²) in [5, 5.41) is 11.0. The second-order valence-electron chi connectivity index (χ2n) is 5.69. The summed E-state index contributed by atoms with van der Waals surface area (Å²) in [6, 6.07) is 13.8. The first-order valence-corrected chi connectivity index (χ1v) is 8.30. The van der Waals surface area contributed by atoms with Gasteiger partial charge in [-0.2, -0.15) is 0 Å². The molecule has 0 aliphatic carbocycles. The zero-order valence-electron chi connectivity index (χ0n) is 12.9. The van der Waals surface area contributed by atoms with Gasteiger partial charge in [0.1, 0.15) is 0 Å². The van der Waals surface area contributed by atoms with E-state index in [0.29, 0.717) is 16.8 Å². The van der Waals surface area contributed by atoms with Crippen molar-refractivity contribution in [1.29, 1.82) is 0 Å². The van der Waals surface area contributed by atoms with Crippen molar-refractivity contribution in [3.05, 3.63) is 76.8 Å². The molecular weight excluding hydrogens is 370 g/mol. The molecule has 0 saturated heterocycles. The number of halogens is 1. The summed E-state index contributed by atoms with van der Waals surface area (Å²) < 4.78 is 0.859. The lowest BCUT2D eigenvalue weighted by molar-refractivity contribution is -0.135. The minimum atomic E-state index is -1.84. The van der Waals surface area contributed by atoms with Crippen LogP contribution in [-0.4, -0.2) is 23.3 Å². The van der Waals surface area contributed by atoms with Gasteiger partial charge >= 0.3 is 0 Å². The molecule has 0 aromatic heterocycles. The molecule has 5 heteroatoms. The first-order valence-electron chi connectivity index (χ1n) is 7.51. The average Bonchev–Trinajstić information content (AvgIpc) is 2.78. The van der Waals surface area contributed by atoms with E-state index in [1.54, 1.807) is 54.6 Å². The Bertz CT molecular complexity index is 816. The Hall–Kier alpha value is -2.24. The Morgan fingerprint density at radius 3 is 2.54 bits per heavy atom. The fraction of sp³-hybridized carbons (Fsp3) is 0.158. The molecule has 0 bridgehead atoms. The lowest BCUT2D eigenvalue weighted by Gasteiger charge is -2.22. The Morgan fingerprint density at radius 2 is 1.88 bits per heavy atom. The molecule has 0 radical (unpaired) electrons. The molecule has 1 unspecified atom stereocenters.